The molecule has 20 nitrogen and oxygen atoms in total. The molecule has 20 heteroatoms. The molecule has 5 saturated heterocycles. The second-order valence-corrected chi connectivity index (χ2v) is 16.7. The fourth-order valence-corrected chi connectivity index (χ4v) is 10.4. The molecule has 0 aromatic rings. The molecule has 0 aromatic carbocycles. The van der Waals surface area contributed by atoms with Gasteiger partial charge in [0.2, 0.25) is 6.29 Å². The van der Waals surface area contributed by atoms with Crippen molar-refractivity contribution in [1.82, 2.24) is 0 Å². The second-order valence-electron chi connectivity index (χ2n) is 16.7. The highest BCUT2D eigenvalue weighted by atomic mass is 16.8. The van der Waals surface area contributed by atoms with Crippen molar-refractivity contribution in [1.29, 1.82) is 0 Å². The summed E-state index contributed by atoms with van der Waals surface area (Å²) in [6.45, 7) is 0.585. The van der Waals surface area contributed by atoms with E-state index in [-0.39, 0.29) is 61.8 Å². The number of rotatable bonds is 5. The molecule has 1 spiro atoms. The largest absolute Gasteiger partial charge is 0.547 e. The first kappa shape index (κ1) is 41.2. The Balaban J connectivity index is 1.17. The Kier molecular flexibility index (Phi) is 12.0. The fourth-order valence-electron chi connectivity index (χ4n) is 10.4. The number of carbonyl (C=O) groups is 3. The van der Waals surface area contributed by atoms with Crippen LogP contribution in [0.5, 0.6) is 0 Å². The smallest absolute Gasteiger partial charge is 0.340 e. The Morgan fingerprint density at radius 1 is 0.745 bits per heavy atom. The Morgan fingerprint density at radius 2 is 1.45 bits per heavy atom. The minimum atomic E-state index is -2.22. The van der Waals surface area contributed by atoms with Gasteiger partial charge in [-0.15, -0.1) is 0 Å². The Labute approximate surface area is 315 Å². The number of aliphatic hydroxyl groups excluding tert-OH is 9. The SMILES string of the molecule is NC1CCC(C2CCC3(OC4CC5OC(C6CCC(O)C(O)C6)CC(=O)C5C(O)C42)OC(C(=O)OC2OC(C(=O)[O-])C(O)C(O)C2O)C(O)C(O)C3O)C[NH2+]1. The van der Waals surface area contributed by atoms with Gasteiger partial charge in [0.15, 0.2) is 11.9 Å². The van der Waals surface area contributed by atoms with Crippen LogP contribution in [0.15, 0.2) is 0 Å². The lowest BCUT2D eigenvalue weighted by molar-refractivity contribution is -0.704. The summed E-state index contributed by atoms with van der Waals surface area (Å²) in [6.07, 6.45) is -22.5. The van der Waals surface area contributed by atoms with E-state index in [1.165, 1.54) is 0 Å². The first-order chi connectivity index (χ1) is 26.0. The summed E-state index contributed by atoms with van der Waals surface area (Å²) in [5.41, 5.74) is 6.18. The molecule has 55 heavy (non-hydrogen) atoms. The van der Waals surface area contributed by atoms with E-state index in [0.717, 1.165) is 0 Å². The Bertz CT molecular complexity index is 1420. The molecule has 0 radical (unpaired) electrons. The zero-order valence-electron chi connectivity index (χ0n) is 30.0. The average Bonchev–Trinajstić information content (AvgIpc) is 3.31. The molecule has 13 N–H and O–H groups in total. The van der Waals surface area contributed by atoms with E-state index >= 15 is 0 Å². The van der Waals surface area contributed by atoms with Gasteiger partial charge in [0, 0.05) is 37.5 Å². The first-order valence-electron chi connectivity index (χ1n) is 19.3. The lowest BCUT2D eigenvalue weighted by Gasteiger charge is -2.53. The maximum atomic E-state index is 13.9. The number of Topliss-reactive ketones (excluding diaryl/α,β-unsaturated/α-hetero) is 1. The Hall–Kier alpha value is -1.99. The van der Waals surface area contributed by atoms with Crippen LogP contribution < -0.4 is 16.2 Å². The molecule has 22 unspecified atom stereocenters. The molecule has 0 aromatic heterocycles. The van der Waals surface area contributed by atoms with E-state index in [4.69, 9.17) is 29.4 Å². The van der Waals surface area contributed by atoms with Crippen LogP contribution in [0.1, 0.15) is 57.8 Å². The number of piperidine rings is 1. The summed E-state index contributed by atoms with van der Waals surface area (Å²) in [5, 5.41) is 110. The van der Waals surface area contributed by atoms with Crippen molar-refractivity contribution >= 4 is 17.7 Å². The van der Waals surface area contributed by atoms with Crippen molar-refractivity contribution < 1.29 is 94.4 Å². The van der Waals surface area contributed by atoms with Gasteiger partial charge in [-0.3, -0.25) is 10.5 Å². The summed E-state index contributed by atoms with van der Waals surface area (Å²) in [6, 6.07) is 0. The van der Waals surface area contributed by atoms with Gasteiger partial charge in [-0.1, -0.05) is 0 Å². The number of carboxylic acid groups (broad SMARTS) is 1. The normalized spacial score (nSPS) is 53.4. The zero-order chi connectivity index (χ0) is 39.7. The second kappa shape index (κ2) is 16.0. The molecule has 312 valence electrons. The molecule has 0 bridgehead atoms. The zero-order valence-corrected chi connectivity index (χ0v) is 30.0. The van der Waals surface area contributed by atoms with Gasteiger partial charge < -0.3 is 84.9 Å². The fraction of sp³-hybridized carbons (Fsp3) is 0.914. The van der Waals surface area contributed by atoms with E-state index in [0.29, 0.717) is 32.2 Å². The minimum Gasteiger partial charge on any atom is -0.547 e. The van der Waals surface area contributed by atoms with Crippen LogP contribution in [0.2, 0.25) is 0 Å². The lowest BCUT2D eigenvalue weighted by atomic mass is 9.62. The lowest BCUT2D eigenvalue weighted by Crippen LogP contribution is -2.95. The number of hydrogen-bond acceptors (Lipinski definition) is 19. The van der Waals surface area contributed by atoms with Crippen LogP contribution in [0.3, 0.4) is 0 Å². The van der Waals surface area contributed by atoms with E-state index < -0.39 is 121 Å². The topological polar surface area (TPSA) is 345 Å². The highest BCUT2D eigenvalue weighted by molar-refractivity contribution is 5.83. The predicted octanol–water partition coefficient (Wildman–Crippen LogP) is -7.44. The van der Waals surface area contributed by atoms with Crippen molar-refractivity contribution in [3.05, 3.63) is 0 Å². The molecule has 0 amide bonds. The average molecular weight is 791 g/mol. The highest BCUT2D eigenvalue weighted by Gasteiger charge is 2.64. The quantitative estimate of drug-likeness (QED) is 0.115. The summed E-state index contributed by atoms with van der Waals surface area (Å²) >= 11 is 0. The number of nitrogens with two attached hydrogens (primary N) is 2. The van der Waals surface area contributed by atoms with Crippen LogP contribution in [-0.4, -0.2) is 174 Å². The predicted molar refractivity (Wildman–Crippen MR) is 174 cm³/mol. The number of quaternary nitrogens is 1. The molecular weight excluding hydrogens is 736 g/mol. The highest BCUT2D eigenvalue weighted by Crippen LogP contribution is 2.52. The molecule has 2 aliphatic carbocycles. The van der Waals surface area contributed by atoms with Crippen LogP contribution >= 0.6 is 0 Å². The summed E-state index contributed by atoms with van der Waals surface area (Å²) in [4.78, 5) is 38.9. The number of aliphatic carboxylic acids is 1. The van der Waals surface area contributed by atoms with Gasteiger partial charge in [0.1, 0.15) is 54.7 Å². The number of aliphatic hydroxyl groups is 9. The number of ketones is 1. The van der Waals surface area contributed by atoms with Gasteiger partial charge in [0.05, 0.1) is 55.1 Å². The van der Waals surface area contributed by atoms with Crippen molar-refractivity contribution in [3.8, 4) is 0 Å². The van der Waals surface area contributed by atoms with Gasteiger partial charge in [-0.05, 0) is 43.9 Å². The summed E-state index contributed by atoms with van der Waals surface area (Å²) in [5.74, 6) is -8.17. The number of esters is 1. The standard InChI is InChI=1S/C35H54N2O18/c36-20-4-2-12(10-37-20)13-5-6-35(31(47)27(45)26(44)30(55-35)33(50)53-34-28(46)24(42)25(43)29(52-34)32(48)49)54-19-9-18-22(23(41)21(13)19)16(40)8-17(51-18)11-1-3-14(38)15(39)7-11/h11-15,17-31,34,37-39,41-47H,1-10,36H2,(H,48,49). The van der Waals surface area contributed by atoms with Crippen molar-refractivity contribution in [2.24, 2.45) is 35.3 Å². The third-order valence-corrected chi connectivity index (χ3v) is 13.4. The maximum absolute atomic E-state index is 13.9. The Morgan fingerprint density at radius 3 is 2.13 bits per heavy atom. The third-order valence-electron chi connectivity index (χ3n) is 13.4. The number of ether oxygens (including phenoxy) is 5. The van der Waals surface area contributed by atoms with Gasteiger partial charge in [-0.25, -0.2) is 4.79 Å². The van der Waals surface area contributed by atoms with Crippen molar-refractivity contribution in [3.63, 3.8) is 0 Å². The molecule has 7 fully saturated rings. The molecule has 5 aliphatic heterocycles. The molecule has 5 heterocycles. The van der Waals surface area contributed by atoms with Crippen molar-refractivity contribution in [2.45, 2.75) is 161 Å². The van der Waals surface area contributed by atoms with Crippen LogP contribution in [-0.2, 0) is 38.1 Å². The molecule has 7 rings (SSSR count). The minimum absolute atomic E-state index is 0.0133. The monoisotopic (exact) mass is 790 g/mol. The number of carbonyl (C=O) groups excluding carboxylic acids is 3. The first-order valence-corrected chi connectivity index (χ1v) is 19.3. The molecule has 7 aliphatic rings. The van der Waals surface area contributed by atoms with Crippen LogP contribution in [0.4, 0.5) is 0 Å². The van der Waals surface area contributed by atoms with E-state index in [9.17, 15) is 65.4 Å². The molecule has 2 saturated carbocycles. The van der Waals surface area contributed by atoms with E-state index in [1.807, 2.05) is 5.32 Å². The summed E-state index contributed by atoms with van der Waals surface area (Å²) in [7, 11) is 0. The van der Waals surface area contributed by atoms with Gasteiger partial charge in [-0.2, -0.15) is 0 Å². The van der Waals surface area contributed by atoms with Gasteiger partial charge >= 0.3 is 5.97 Å². The number of hydrogen-bond donors (Lipinski definition) is 11. The van der Waals surface area contributed by atoms with E-state index in [1.54, 1.807) is 0 Å². The number of carboxylic acids is 1. The maximum Gasteiger partial charge on any atom is 0.340 e. The summed E-state index contributed by atoms with van der Waals surface area (Å²) < 4.78 is 29.3. The van der Waals surface area contributed by atoms with Crippen LogP contribution in [0, 0.1) is 29.6 Å². The van der Waals surface area contributed by atoms with Crippen molar-refractivity contribution in [2.75, 3.05) is 6.54 Å². The molecular formula is C35H54N2O18. The number of fused-ring (bicyclic) bond motifs is 2. The van der Waals surface area contributed by atoms with E-state index in [2.05, 4.69) is 0 Å². The van der Waals surface area contributed by atoms with Crippen LogP contribution in [0.25, 0.3) is 0 Å². The van der Waals surface area contributed by atoms with Gasteiger partial charge in [0.25, 0.3) is 0 Å². The molecule has 22 atom stereocenters. The third kappa shape index (κ3) is 7.58.